The van der Waals surface area contributed by atoms with Crippen LogP contribution in [0.5, 0.6) is 11.5 Å². The summed E-state index contributed by atoms with van der Waals surface area (Å²) in [5, 5.41) is 7.41. The van der Waals surface area contributed by atoms with Crippen molar-refractivity contribution in [3.05, 3.63) is 39.3 Å². The van der Waals surface area contributed by atoms with Crippen LogP contribution in [-0.2, 0) is 13.0 Å². The maximum absolute atomic E-state index is 12.8. The number of thiazole rings is 1. The summed E-state index contributed by atoms with van der Waals surface area (Å²) in [4.78, 5) is 9.84. The summed E-state index contributed by atoms with van der Waals surface area (Å²) in [6, 6.07) is 4.95. The quantitative estimate of drug-likeness (QED) is 0.254. The van der Waals surface area contributed by atoms with Gasteiger partial charge in [-0.05, 0) is 32.4 Å². The third-order valence-corrected chi connectivity index (χ3v) is 5.17. The van der Waals surface area contributed by atoms with Crippen LogP contribution in [0.2, 0.25) is 0 Å². The molecule has 1 aromatic carbocycles. The summed E-state index contributed by atoms with van der Waals surface area (Å²) in [5.41, 5.74) is 1.64. The number of alkyl halides is 2. The molecule has 0 saturated heterocycles. The van der Waals surface area contributed by atoms with Gasteiger partial charge in [0.15, 0.2) is 5.96 Å². The molecule has 0 aliphatic rings. The zero-order chi connectivity index (χ0) is 21.2. The molecule has 0 atom stereocenters. The fourth-order valence-electron chi connectivity index (χ4n) is 2.70. The number of guanidine groups is 1. The number of benzene rings is 1. The predicted molar refractivity (Wildman–Crippen MR) is 128 cm³/mol. The molecule has 2 rings (SSSR count). The van der Waals surface area contributed by atoms with Crippen LogP contribution in [0.25, 0.3) is 0 Å². The van der Waals surface area contributed by atoms with Crippen molar-refractivity contribution in [3.8, 4) is 11.5 Å². The topological polar surface area (TPSA) is 67.8 Å². The Balaban J connectivity index is 0.00000450. The number of aliphatic imine (C=N–C) groups is 1. The van der Waals surface area contributed by atoms with Crippen molar-refractivity contribution >= 4 is 41.3 Å². The van der Waals surface area contributed by atoms with Gasteiger partial charge in [0, 0.05) is 43.1 Å². The van der Waals surface area contributed by atoms with Crippen molar-refractivity contribution in [1.82, 2.24) is 15.6 Å². The van der Waals surface area contributed by atoms with Crippen LogP contribution in [0.4, 0.5) is 8.78 Å². The van der Waals surface area contributed by atoms with Gasteiger partial charge >= 0.3 is 6.61 Å². The summed E-state index contributed by atoms with van der Waals surface area (Å²) in [7, 11) is 1.66. The van der Waals surface area contributed by atoms with E-state index in [0.29, 0.717) is 30.4 Å². The van der Waals surface area contributed by atoms with Gasteiger partial charge in [-0.15, -0.1) is 35.3 Å². The molecule has 6 nitrogen and oxygen atoms in total. The number of halogens is 3. The number of nitrogens with one attached hydrogen (secondary N) is 2. The smallest absolute Gasteiger partial charge is 0.387 e. The number of aromatic nitrogens is 1. The van der Waals surface area contributed by atoms with Crippen LogP contribution in [0.15, 0.2) is 23.2 Å². The summed E-state index contributed by atoms with van der Waals surface area (Å²) in [6.07, 6.45) is 1.66. The second-order valence-corrected chi connectivity index (χ2v) is 7.63. The highest BCUT2D eigenvalue weighted by atomic mass is 127. The van der Waals surface area contributed by atoms with E-state index in [2.05, 4.69) is 25.3 Å². The predicted octanol–water partition coefficient (Wildman–Crippen LogP) is 4.68. The molecule has 168 valence electrons. The molecule has 0 radical (unpaired) electrons. The molecule has 1 heterocycles. The zero-order valence-electron chi connectivity index (χ0n) is 17.6. The lowest BCUT2D eigenvalue weighted by Crippen LogP contribution is -2.37. The summed E-state index contributed by atoms with van der Waals surface area (Å²) >= 11 is 1.69. The average molecular weight is 554 g/mol. The van der Waals surface area contributed by atoms with Crippen molar-refractivity contribution in [1.29, 1.82) is 0 Å². The van der Waals surface area contributed by atoms with Gasteiger partial charge in [-0.2, -0.15) is 8.78 Å². The lowest BCUT2D eigenvalue weighted by molar-refractivity contribution is -0.0505. The molecule has 30 heavy (non-hydrogen) atoms. The molecule has 0 unspecified atom stereocenters. The van der Waals surface area contributed by atoms with Crippen molar-refractivity contribution in [2.75, 3.05) is 20.2 Å². The Kier molecular flexibility index (Phi) is 11.9. The first kappa shape index (κ1) is 26.3. The van der Waals surface area contributed by atoms with Crippen LogP contribution < -0.4 is 20.1 Å². The second-order valence-electron chi connectivity index (χ2n) is 6.34. The minimum absolute atomic E-state index is 0. The third-order valence-electron chi connectivity index (χ3n) is 4.04. The van der Waals surface area contributed by atoms with E-state index in [9.17, 15) is 8.78 Å². The van der Waals surface area contributed by atoms with Crippen LogP contribution in [-0.4, -0.2) is 37.8 Å². The molecule has 1 aromatic heterocycles. The van der Waals surface area contributed by atoms with Gasteiger partial charge in [0.1, 0.15) is 11.5 Å². The third kappa shape index (κ3) is 8.58. The molecule has 0 aliphatic carbocycles. The van der Waals surface area contributed by atoms with E-state index >= 15 is 0 Å². The molecular weight excluding hydrogens is 525 g/mol. The molecule has 0 bridgehead atoms. The van der Waals surface area contributed by atoms with Gasteiger partial charge < -0.3 is 20.1 Å². The molecule has 0 fully saturated rings. The Morgan fingerprint density at radius 3 is 2.63 bits per heavy atom. The van der Waals surface area contributed by atoms with Gasteiger partial charge in [-0.3, -0.25) is 4.99 Å². The zero-order valence-corrected chi connectivity index (χ0v) is 20.8. The molecular formula is C20H29F2IN4O2S. The Labute approximate surface area is 197 Å². The molecule has 2 N–H and O–H groups in total. The van der Waals surface area contributed by atoms with E-state index < -0.39 is 6.61 Å². The highest BCUT2D eigenvalue weighted by molar-refractivity contribution is 14.0. The average Bonchev–Trinajstić information content (AvgIpc) is 3.00. The summed E-state index contributed by atoms with van der Waals surface area (Å²) < 4.78 is 35.7. The number of hydrogen-bond acceptors (Lipinski definition) is 5. The SMILES string of the molecule is CCCOc1ccc(CNC(=NC)NCCc2sc(C)nc2C)c(OC(F)F)c1.I. The van der Waals surface area contributed by atoms with Crippen molar-refractivity contribution in [2.24, 2.45) is 4.99 Å². The van der Waals surface area contributed by atoms with Crippen LogP contribution in [0.3, 0.4) is 0 Å². The van der Waals surface area contributed by atoms with Crippen LogP contribution in [0, 0.1) is 13.8 Å². The van der Waals surface area contributed by atoms with Crippen molar-refractivity contribution in [2.45, 2.75) is 46.8 Å². The first-order valence-electron chi connectivity index (χ1n) is 9.50. The fourth-order valence-corrected chi connectivity index (χ4v) is 3.63. The van der Waals surface area contributed by atoms with Gasteiger partial charge in [0.2, 0.25) is 0 Å². The highest BCUT2D eigenvalue weighted by Gasteiger charge is 2.12. The second kappa shape index (κ2) is 13.6. The fraction of sp³-hybridized carbons (Fsp3) is 0.500. The van der Waals surface area contributed by atoms with E-state index in [0.717, 1.165) is 23.5 Å². The Hall–Kier alpha value is -1.69. The van der Waals surface area contributed by atoms with Gasteiger partial charge in [0.25, 0.3) is 0 Å². The number of nitrogens with zero attached hydrogens (tertiary/aromatic N) is 2. The van der Waals surface area contributed by atoms with E-state index in [1.54, 1.807) is 30.5 Å². The summed E-state index contributed by atoms with van der Waals surface area (Å²) in [5.74, 6) is 1.18. The molecule has 10 heteroatoms. The molecule has 0 saturated carbocycles. The van der Waals surface area contributed by atoms with Gasteiger partial charge in [-0.1, -0.05) is 6.92 Å². The van der Waals surface area contributed by atoms with E-state index in [1.807, 2.05) is 20.8 Å². The van der Waals surface area contributed by atoms with Crippen molar-refractivity contribution in [3.63, 3.8) is 0 Å². The first-order valence-corrected chi connectivity index (χ1v) is 10.3. The minimum atomic E-state index is -2.90. The van der Waals surface area contributed by atoms with Crippen LogP contribution >= 0.6 is 35.3 Å². The standard InChI is InChI=1S/C20H28F2N4O2S.HI/c1-5-10-27-16-7-6-15(17(11-16)28-19(21)22)12-25-20(23-4)24-9-8-18-13(2)26-14(3)29-18;/h6-7,11,19H,5,8-10,12H2,1-4H3,(H2,23,24,25);1H. The molecule has 0 aliphatic heterocycles. The normalized spacial score (nSPS) is 11.2. The van der Waals surface area contributed by atoms with Crippen molar-refractivity contribution < 1.29 is 18.3 Å². The maximum atomic E-state index is 12.8. The largest absolute Gasteiger partial charge is 0.493 e. The molecule has 2 aromatic rings. The Morgan fingerprint density at radius 2 is 2.03 bits per heavy atom. The monoisotopic (exact) mass is 554 g/mol. The summed E-state index contributed by atoms with van der Waals surface area (Å²) in [6.45, 7) is 4.56. The number of aryl methyl sites for hydroxylation is 2. The molecule has 0 amide bonds. The van der Waals surface area contributed by atoms with Gasteiger partial charge in [-0.25, -0.2) is 4.98 Å². The number of hydrogen-bond donors (Lipinski definition) is 2. The van der Waals surface area contributed by atoms with Crippen LogP contribution in [0.1, 0.15) is 34.5 Å². The Morgan fingerprint density at radius 1 is 1.27 bits per heavy atom. The van der Waals surface area contributed by atoms with E-state index in [4.69, 9.17) is 4.74 Å². The maximum Gasteiger partial charge on any atom is 0.387 e. The van der Waals surface area contributed by atoms with E-state index in [1.165, 1.54) is 10.9 Å². The Bertz CT molecular complexity index is 818. The first-order chi connectivity index (χ1) is 13.9. The number of ether oxygens (including phenoxy) is 2. The minimum Gasteiger partial charge on any atom is -0.493 e. The lowest BCUT2D eigenvalue weighted by Gasteiger charge is -2.16. The molecule has 0 spiro atoms. The highest BCUT2D eigenvalue weighted by Crippen LogP contribution is 2.26. The lowest BCUT2D eigenvalue weighted by atomic mass is 10.2. The number of rotatable bonds is 10. The van der Waals surface area contributed by atoms with Gasteiger partial charge in [0.05, 0.1) is 17.3 Å². The van der Waals surface area contributed by atoms with E-state index in [-0.39, 0.29) is 36.3 Å².